The van der Waals surface area contributed by atoms with Crippen LogP contribution in [0.1, 0.15) is 37.4 Å². The molecule has 114 valence electrons. The number of nitrogens with zero attached hydrogens (tertiary/aromatic N) is 3. The maximum Gasteiger partial charge on any atom is 0.301 e. The van der Waals surface area contributed by atoms with Gasteiger partial charge in [0.25, 0.3) is 11.3 Å². The number of halogens is 3. The summed E-state index contributed by atoms with van der Waals surface area (Å²) in [5.74, 6) is -1.08. The molecule has 0 spiro atoms. The predicted molar refractivity (Wildman–Crippen MR) is 70.9 cm³/mol. The summed E-state index contributed by atoms with van der Waals surface area (Å²) in [6.45, 7) is 1.87. The molecule has 2 aromatic heterocycles. The second kappa shape index (κ2) is 6.55. The molecule has 0 aromatic carbocycles. The number of hydrogen-bond donors (Lipinski definition) is 1. The molecule has 1 N–H and O–H groups in total. The van der Waals surface area contributed by atoms with Crippen LogP contribution in [0.4, 0.5) is 13.2 Å². The van der Waals surface area contributed by atoms with Crippen molar-refractivity contribution in [2.24, 2.45) is 0 Å². The third kappa shape index (κ3) is 3.32. The van der Waals surface area contributed by atoms with E-state index >= 15 is 0 Å². The molecule has 8 heteroatoms. The molecule has 2 rings (SSSR count). The highest BCUT2D eigenvalue weighted by molar-refractivity contribution is 5.31. The van der Waals surface area contributed by atoms with E-state index in [0.29, 0.717) is 36.3 Å². The Morgan fingerprint density at radius 2 is 2.10 bits per heavy atom. The van der Waals surface area contributed by atoms with Crippen LogP contribution in [0.15, 0.2) is 23.0 Å². The first-order valence-corrected chi connectivity index (χ1v) is 6.68. The topological polar surface area (TPSA) is 63.1 Å². The van der Waals surface area contributed by atoms with Crippen molar-refractivity contribution in [2.75, 3.05) is 0 Å². The number of hydrogen-bond acceptors (Lipinski definition) is 3. The van der Waals surface area contributed by atoms with Gasteiger partial charge in [-0.1, -0.05) is 6.92 Å². The number of fused-ring (bicyclic) bond motifs is 1. The Kier molecular flexibility index (Phi) is 4.77. The summed E-state index contributed by atoms with van der Waals surface area (Å²) >= 11 is 0. The van der Waals surface area contributed by atoms with Gasteiger partial charge in [-0.05, 0) is 25.7 Å². The lowest BCUT2D eigenvalue weighted by molar-refractivity contribution is 0.367. The summed E-state index contributed by atoms with van der Waals surface area (Å²) in [6.07, 6.45) is 0.411. The van der Waals surface area contributed by atoms with Crippen molar-refractivity contribution in [3.63, 3.8) is 0 Å². The van der Waals surface area contributed by atoms with Gasteiger partial charge in [0.1, 0.15) is 6.33 Å². The lowest BCUT2D eigenvalue weighted by atomic mass is 10.1. The van der Waals surface area contributed by atoms with Gasteiger partial charge in [-0.3, -0.25) is 9.89 Å². The molecule has 0 atom stereocenters. The quantitative estimate of drug-likeness (QED) is 0.834. The molecule has 0 unspecified atom stereocenters. The number of aromatic nitrogens is 4. The highest BCUT2D eigenvalue weighted by atomic mass is 19.3. The zero-order chi connectivity index (χ0) is 15.4. The normalized spacial score (nSPS) is 11.0. The van der Waals surface area contributed by atoms with Gasteiger partial charge in [0, 0.05) is 12.0 Å². The van der Waals surface area contributed by atoms with E-state index in [-0.39, 0.29) is 18.4 Å². The Morgan fingerprint density at radius 1 is 1.33 bits per heavy atom. The summed E-state index contributed by atoms with van der Waals surface area (Å²) in [6, 6.07) is 0. The Labute approximate surface area is 118 Å². The van der Waals surface area contributed by atoms with E-state index in [1.54, 1.807) is 0 Å². The second-order valence-corrected chi connectivity index (χ2v) is 4.59. The van der Waals surface area contributed by atoms with Crippen LogP contribution in [0.2, 0.25) is 0 Å². The predicted octanol–water partition coefficient (Wildman–Crippen LogP) is 2.77. The molecule has 0 aliphatic carbocycles. The zero-order valence-electron chi connectivity index (χ0n) is 11.5. The van der Waals surface area contributed by atoms with E-state index in [1.165, 1.54) is 10.8 Å². The van der Waals surface area contributed by atoms with Gasteiger partial charge >= 0.3 is 6.08 Å². The summed E-state index contributed by atoms with van der Waals surface area (Å²) in [5.41, 5.74) is 0.909. The number of nitrogens with one attached hydrogen (secondary N) is 1. The first-order chi connectivity index (χ1) is 10.0. The molecule has 0 radical (unpaired) electrons. The molecule has 5 nitrogen and oxygen atoms in total. The van der Waals surface area contributed by atoms with Crippen molar-refractivity contribution in [1.82, 2.24) is 19.6 Å². The lowest BCUT2D eigenvalue weighted by Crippen LogP contribution is -2.22. The number of aryl methyl sites for hydroxylation is 1. The van der Waals surface area contributed by atoms with Gasteiger partial charge in [-0.15, -0.1) is 0 Å². The van der Waals surface area contributed by atoms with Crippen LogP contribution < -0.4 is 5.56 Å². The zero-order valence-corrected chi connectivity index (χ0v) is 11.5. The van der Waals surface area contributed by atoms with Gasteiger partial charge in [0.2, 0.25) is 0 Å². The van der Waals surface area contributed by atoms with Crippen LogP contribution in [0.3, 0.4) is 0 Å². The van der Waals surface area contributed by atoms with Gasteiger partial charge in [-0.2, -0.15) is 13.3 Å². The molecule has 0 saturated carbocycles. The Morgan fingerprint density at radius 3 is 2.76 bits per heavy atom. The van der Waals surface area contributed by atoms with Crippen molar-refractivity contribution < 1.29 is 13.2 Å². The number of aromatic amines is 1. The third-order valence-electron chi connectivity index (χ3n) is 3.22. The van der Waals surface area contributed by atoms with E-state index in [2.05, 4.69) is 15.1 Å². The largest absolute Gasteiger partial charge is 0.301 e. The standard InChI is InChI=1S/C13H15F3N4O/c1-2-10-8(5-3-4-6-9(14)11(15)16)12(21)20-13(19-10)17-7-18-20/h7H,2-6H2,1H3,(H,17,18,19). The van der Waals surface area contributed by atoms with E-state index in [0.717, 1.165) is 0 Å². The van der Waals surface area contributed by atoms with Crippen molar-refractivity contribution in [2.45, 2.75) is 39.0 Å². The van der Waals surface area contributed by atoms with E-state index in [1.807, 2.05) is 6.92 Å². The summed E-state index contributed by atoms with van der Waals surface area (Å²) in [4.78, 5) is 20.5. The molecule has 2 heterocycles. The molecular weight excluding hydrogens is 285 g/mol. The molecular formula is C13H15F3N4O. The van der Waals surface area contributed by atoms with Gasteiger partial charge in [-0.25, -0.2) is 14.4 Å². The first kappa shape index (κ1) is 15.3. The van der Waals surface area contributed by atoms with Gasteiger partial charge in [0.15, 0.2) is 5.83 Å². The number of unbranched alkanes of at least 4 members (excludes halogenated alkanes) is 1. The van der Waals surface area contributed by atoms with Crippen LogP contribution in [0.25, 0.3) is 5.78 Å². The summed E-state index contributed by atoms with van der Waals surface area (Å²) in [5, 5.41) is 2.67. The average Bonchev–Trinajstić information content (AvgIpc) is 2.93. The number of allylic oxidation sites excluding steroid dienone is 1. The Hall–Kier alpha value is -2.12. The van der Waals surface area contributed by atoms with Crippen molar-refractivity contribution in [3.05, 3.63) is 39.8 Å². The molecule has 2 aromatic rings. The van der Waals surface area contributed by atoms with Gasteiger partial charge < -0.3 is 0 Å². The molecule has 0 saturated heterocycles. The van der Waals surface area contributed by atoms with Crippen LogP contribution in [-0.2, 0) is 12.8 Å². The Bertz CT molecular complexity index is 716. The SMILES string of the molecule is CCc1nc2nc[nH]n2c(=O)c1CCCCC(F)=C(F)F. The van der Waals surface area contributed by atoms with E-state index in [4.69, 9.17) is 0 Å². The van der Waals surface area contributed by atoms with Crippen LogP contribution >= 0.6 is 0 Å². The maximum absolute atomic E-state index is 12.7. The van der Waals surface area contributed by atoms with Crippen LogP contribution in [0.5, 0.6) is 0 Å². The van der Waals surface area contributed by atoms with E-state index < -0.39 is 11.9 Å². The highest BCUT2D eigenvalue weighted by Gasteiger charge is 2.13. The summed E-state index contributed by atoms with van der Waals surface area (Å²) in [7, 11) is 0. The third-order valence-corrected chi connectivity index (χ3v) is 3.22. The molecule has 0 aliphatic rings. The number of H-pyrrole nitrogens is 1. The smallest absolute Gasteiger partial charge is 0.278 e. The molecule has 0 bridgehead atoms. The van der Waals surface area contributed by atoms with E-state index in [9.17, 15) is 18.0 Å². The molecule has 0 aliphatic heterocycles. The fourth-order valence-electron chi connectivity index (χ4n) is 2.15. The summed E-state index contributed by atoms with van der Waals surface area (Å²) < 4.78 is 37.8. The lowest BCUT2D eigenvalue weighted by Gasteiger charge is -2.06. The fraction of sp³-hybridized carbons (Fsp3) is 0.462. The monoisotopic (exact) mass is 300 g/mol. The molecule has 0 fully saturated rings. The van der Waals surface area contributed by atoms with Crippen molar-refractivity contribution in [1.29, 1.82) is 0 Å². The molecule has 21 heavy (non-hydrogen) atoms. The van der Waals surface area contributed by atoms with Crippen molar-refractivity contribution in [3.8, 4) is 0 Å². The van der Waals surface area contributed by atoms with Crippen LogP contribution in [0, 0.1) is 0 Å². The van der Waals surface area contributed by atoms with Crippen LogP contribution in [-0.4, -0.2) is 19.6 Å². The highest BCUT2D eigenvalue weighted by Crippen LogP contribution is 2.17. The first-order valence-electron chi connectivity index (χ1n) is 6.68. The Balaban J connectivity index is 2.12. The minimum Gasteiger partial charge on any atom is -0.278 e. The number of rotatable bonds is 6. The maximum atomic E-state index is 12.7. The van der Waals surface area contributed by atoms with Gasteiger partial charge in [0.05, 0.1) is 5.69 Å². The second-order valence-electron chi connectivity index (χ2n) is 4.59. The molecule has 0 amide bonds. The fourth-order valence-corrected chi connectivity index (χ4v) is 2.15. The minimum absolute atomic E-state index is 0.247. The average molecular weight is 300 g/mol. The van der Waals surface area contributed by atoms with Crippen molar-refractivity contribution >= 4 is 5.78 Å². The minimum atomic E-state index is -2.27.